The lowest BCUT2D eigenvalue weighted by Gasteiger charge is -2.15. The van der Waals surface area contributed by atoms with E-state index in [2.05, 4.69) is 39.2 Å². The molecule has 0 saturated carbocycles. The molecule has 0 amide bonds. The van der Waals surface area contributed by atoms with Crippen molar-refractivity contribution in [3.8, 4) is 0 Å². The Balaban J connectivity index is 2.22. The molecule has 2 aromatic rings. The van der Waals surface area contributed by atoms with Crippen LogP contribution in [0.5, 0.6) is 0 Å². The van der Waals surface area contributed by atoms with Crippen LogP contribution in [0.2, 0.25) is 0 Å². The summed E-state index contributed by atoms with van der Waals surface area (Å²) < 4.78 is 2.93. The Morgan fingerprint density at radius 3 is 2.72 bits per heavy atom. The highest BCUT2D eigenvalue weighted by Crippen LogP contribution is 2.23. The molecule has 0 saturated heterocycles. The number of benzene rings is 1. The van der Waals surface area contributed by atoms with E-state index in [1.807, 2.05) is 30.8 Å². The first kappa shape index (κ1) is 13.3. The van der Waals surface area contributed by atoms with Gasteiger partial charge in [0.25, 0.3) is 0 Å². The Morgan fingerprint density at radius 2 is 2.17 bits per heavy atom. The van der Waals surface area contributed by atoms with Crippen molar-refractivity contribution in [2.75, 3.05) is 6.61 Å². The van der Waals surface area contributed by atoms with Gasteiger partial charge in [-0.2, -0.15) is 5.10 Å². The average Bonchev–Trinajstić information content (AvgIpc) is 2.64. The molecule has 0 spiro atoms. The molecule has 0 radical (unpaired) electrons. The molecule has 0 bridgehead atoms. The van der Waals surface area contributed by atoms with Crippen molar-refractivity contribution in [3.63, 3.8) is 0 Å². The van der Waals surface area contributed by atoms with Crippen molar-refractivity contribution in [3.05, 3.63) is 51.8 Å². The summed E-state index contributed by atoms with van der Waals surface area (Å²) in [6, 6.07) is 10.2. The lowest BCUT2D eigenvalue weighted by Crippen LogP contribution is -2.10. The van der Waals surface area contributed by atoms with Gasteiger partial charge in [0, 0.05) is 23.1 Å². The Hall–Kier alpha value is -1.13. The van der Waals surface area contributed by atoms with Crippen LogP contribution in [0, 0.1) is 6.92 Å². The molecular weight excluding hydrogens is 292 g/mol. The Kier molecular flexibility index (Phi) is 4.19. The molecule has 1 aromatic carbocycles. The Morgan fingerprint density at radius 1 is 1.39 bits per heavy atom. The summed E-state index contributed by atoms with van der Waals surface area (Å²) in [6.45, 7) is 2.12. The lowest BCUT2D eigenvalue weighted by atomic mass is 9.95. The molecule has 0 aliphatic heterocycles. The van der Waals surface area contributed by atoms with Crippen molar-refractivity contribution >= 4 is 15.9 Å². The summed E-state index contributed by atoms with van der Waals surface area (Å²) in [6.07, 6.45) is 0.796. The van der Waals surface area contributed by atoms with Crippen LogP contribution in [-0.2, 0) is 13.5 Å². The van der Waals surface area contributed by atoms with Crippen LogP contribution < -0.4 is 0 Å². The smallest absolute Gasteiger partial charge is 0.0596 e. The number of aliphatic hydroxyl groups excluding tert-OH is 1. The monoisotopic (exact) mass is 308 g/mol. The number of aromatic nitrogens is 2. The molecule has 2 rings (SSSR count). The van der Waals surface area contributed by atoms with Gasteiger partial charge in [-0.1, -0.05) is 28.1 Å². The van der Waals surface area contributed by atoms with E-state index in [1.54, 1.807) is 0 Å². The molecule has 1 N–H and O–H groups in total. The lowest BCUT2D eigenvalue weighted by molar-refractivity contribution is 0.263. The molecule has 0 aliphatic carbocycles. The van der Waals surface area contributed by atoms with E-state index < -0.39 is 0 Å². The zero-order valence-electron chi connectivity index (χ0n) is 10.6. The standard InChI is InChI=1S/C14H17BrN2O/c1-10-6-14(17(2)16-10)8-12(9-18)11-4-3-5-13(15)7-11/h3-7,12,18H,8-9H2,1-2H3. The summed E-state index contributed by atoms with van der Waals surface area (Å²) in [4.78, 5) is 0. The number of hydrogen-bond donors (Lipinski definition) is 1. The predicted octanol–water partition coefficient (Wildman–Crippen LogP) is 2.81. The van der Waals surface area contributed by atoms with Crippen LogP contribution in [0.15, 0.2) is 34.8 Å². The predicted molar refractivity (Wildman–Crippen MR) is 75.6 cm³/mol. The molecule has 4 heteroatoms. The number of aryl methyl sites for hydroxylation is 2. The van der Waals surface area contributed by atoms with Gasteiger partial charge in [0.05, 0.1) is 12.3 Å². The Bertz CT molecular complexity index is 536. The van der Waals surface area contributed by atoms with Crippen molar-refractivity contribution in [2.24, 2.45) is 7.05 Å². The van der Waals surface area contributed by atoms with Gasteiger partial charge in [-0.05, 0) is 37.1 Å². The van der Waals surface area contributed by atoms with Crippen molar-refractivity contribution < 1.29 is 5.11 Å². The van der Waals surface area contributed by atoms with E-state index in [0.29, 0.717) is 0 Å². The first-order valence-electron chi connectivity index (χ1n) is 5.96. The van der Waals surface area contributed by atoms with Gasteiger partial charge < -0.3 is 5.11 Å². The van der Waals surface area contributed by atoms with Crippen LogP contribution in [0.4, 0.5) is 0 Å². The second kappa shape index (κ2) is 5.67. The summed E-state index contributed by atoms with van der Waals surface area (Å²) in [5.74, 6) is 0.109. The molecule has 0 aliphatic rings. The largest absolute Gasteiger partial charge is 0.396 e. The van der Waals surface area contributed by atoms with Crippen LogP contribution in [0.1, 0.15) is 22.9 Å². The SMILES string of the molecule is Cc1cc(CC(CO)c2cccc(Br)c2)n(C)n1. The van der Waals surface area contributed by atoms with Crippen LogP contribution >= 0.6 is 15.9 Å². The van der Waals surface area contributed by atoms with Crippen molar-refractivity contribution in [1.82, 2.24) is 9.78 Å². The average molecular weight is 309 g/mol. The summed E-state index contributed by atoms with van der Waals surface area (Å²) in [7, 11) is 1.94. The van der Waals surface area contributed by atoms with E-state index in [0.717, 1.165) is 27.8 Å². The minimum absolute atomic E-state index is 0.109. The van der Waals surface area contributed by atoms with Gasteiger partial charge in [-0.25, -0.2) is 0 Å². The van der Waals surface area contributed by atoms with Gasteiger partial charge >= 0.3 is 0 Å². The molecule has 3 nitrogen and oxygen atoms in total. The third kappa shape index (κ3) is 3.00. The Labute approximate surface area is 116 Å². The molecule has 18 heavy (non-hydrogen) atoms. The van der Waals surface area contributed by atoms with Crippen LogP contribution in [0.3, 0.4) is 0 Å². The maximum Gasteiger partial charge on any atom is 0.0596 e. The van der Waals surface area contributed by atoms with E-state index in [9.17, 15) is 5.11 Å². The fraction of sp³-hybridized carbons (Fsp3) is 0.357. The fourth-order valence-electron chi connectivity index (χ4n) is 2.16. The molecule has 1 atom stereocenters. The number of aliphatic hydroxyl groups is 1. The van der Waals surface area contributed by atoms with Gasteiger partial charge in [-0.15, -0.1) is 0 Å². The summed E-state index contributed by atoms with van der Waals surface area (Å²) in [5, 5.41) is 13.9. The quantitative estimate of drug-likeness (QED) is 0.943. The first-order valence-corrected chi connectivity index (χ1v) is 6.75. The van der Waals surface area contributed by atoms with Gasteiger partial charge in [-0.3, -0.25) is 4.68 Å². The molecule has 1 aromatic heterocycles. The number of nitrogens with zero attached hydrogens (tertiary/aromatic N) is 2. The number of rotatable bonds is 4. The van der Waals surface area contributed by atoms with E-state index in [-0.39, 0.29) is 12.5 Å². The topological polar surface area (TPSA) is 38.0 Å². The maximum atomic E-state index is 9.58. The zero-order chi connectivity index (χ0) is 13.1. The van der Waals surface area contributed by atoms with E-state index in [1.165, 1.54) is 0 Å². The molecular formula is C14H17BrN2O. The highest BCUT2D eigenvalue weighted by molar-refractivity contribution is 9.10. The first-order chi connectivity index (χ1) is 8.60. The third-order valence-corrected chi connectivity index (χ3v) is 3.59. The summed E-state index contributed by atoms with van der Waals surface area (Å²) in [5.41, 5.74) is 3.30. The van der Waals surface area contributed by atoms with Crippen molar-refractivity contribution in [1.29, 1.82) is 0 Å². The second-order valence-corrected chi connectivity index (χ2v) is 5.45. The highest BCUT2D eigenvalue weighted by atomic mass is 79.9. The second-order valence-electron chi connectivity index (χ2n) is 4.54. The number of hydrogen-bond acceptors (Lipinski definition) is 2. The van der Waals surface area contributed by atoms with Gasteiger partial charge in [0.15, 0.2) is 0 Å². The zero-order valence-corrected chi connectivity index (χ0v) is 12.2. The molecule has 1 unspecified atom stereocenters. The van der Waals surface area contributed by atoms with E-state index >= 15 is 0 Å². The minimum Gasteiger partial charge on any atom is -0.396 e. The normalized spacial score (nSPS) is 12.7. The molecule has 0 fully saturated rings. The minimum atomic E-state index is 0.109. The van der Waals surface area contributed by atoms with Crippen molar-refractivity contribution in [2.45, 2.75) is 19.3 Å². The molecule has 96 valence electrons. The van der Waals surface area contributed by atoms with Gasteiger partial charge in [0.2, 0.25) is 0 Å². The van der Waals surface area contributed by atoms with E-state index in [4.69, 9.17) is 0 Å². The summed E-state index contributed by atoms with van der Waals surface area (Å²) >= 11 is 3.46. The maximum absolute atomic E-state index is 9.58. The highest BCUT2D eigenvalue weighted by Gasteiger charge is 2.14. The van der Waals surface area contributed by atoms with Gasteiger partial charge in [0.1, 0.15) is 0 Å². The third-order valence-electron chi connectivity index (χ3n) is 3.09. The molecule has 1 heterocycles. The fourth-order valence-corrected chi connectivity index (χ4v) is 2.57. The van der Waals surface area contributed by atoms with Crippen LogP contribution in [0.25, 0.3) is 0 Å². The number of halogens is 1. The van der Waals surface area contributed by atoms with Crippen LogP contribution in [-0.4, -0.2) is 21.5 Å².